The molecule has 0 spiro atoms. The van der Waals surface area contributed by atoms with Crippen molar-refractivity contribution in [1.82, 2.24) is 14.8 Å². The summed E-state index contributed by atoms with van der Waals surface area (Å²) in [6.07, 6.45) is 0. The van der Waals surface area contributed by atoms with E-state index in [1.54, 1.807) is 7.11 Å². The van der Waals surface area contributed by atoms with Crippen molar-refractivity contribution in [1.29, 1.82) is 0 Å². The molecule has 0 saturated heterocycles. The SMILES string of the molecule is COc1cccc(-c2nc(Cn3nc(-c4ccc(F)cc4)oc3=O)cs2)c1. The van der Waals surface area contributed by atoms with Gasteiger partial charge in [0, 0.05) is 16.5 Å². The molecule has 4 rings (SSSR count). The van der Waals surface area contributed by atoms with Gasteiger partial charge in [0.05, 0.1) is 19.3 Å². The highest BCUT2D eigenvalue weighted by molar-refractivity contribution is 7.13. The standard InChI is InChI=1S/C19H14FN3O3S/c1-25-16-4-2-3-13(9-16)18-21-15(11-27-18)10-23-19(24)26-17(22-23)12-5-7-14(20)8-6-12/h2-9,11H,10H2,1H3. The van der Waals surface area contributed by atoms with Gasteiger partial charge in [0.15, 0.2) is 0 Å². The van der Waals surface area contributed by atoms with Gasteiger partial charge in [-0.1, -0.05) is 12.1 Å². The molecule has 0 aliphatic heterocycles. The Kier molecular flexibility index (Phi) is 4.55. The summed E-state index contributed by atoms with van der Waals surface area (Å²) in [6.45, 7) is 0.185. The number of aromatic nitrogens is 3. The van der Waals surface area contributed by atoms with E-state index in [9.17, 15) is 9.18 Å². The van der Waals surface area contributed by atoms with Gasteiger partial charge in [0.1, 0.15) is 16.6 Å². The normalized spacial score (nSPS) is 10.9. The third-order valence-electron chi connectivity index (χ3n) is 3.88. The van der Waals surface area contributed by atoms with Crippen LogP contribution >= 0.6 is 11.3 Å². The minimum atomic E-state index is -0.592. The molecule has 0 bridgehead atoms. The van der Waals surface area contributed by atoms with Crippen LogP contribution in [0.1, 0.15) is 5.69 Å². The number of hydrogen-bond donors (Lipinski definition) is 0. The van der Waals surface area contributed by atoms with Crippen LogP contribution < -0.4 is 10.5 Å². The molecular weight excluding hydrogens is 369 g/mol. The molecule has 136 valence electrons. The summed E-state index contributed by atoms with van der Waals surface area (Å²) in [5.74, 6) is -0.0671. The minimum Gasteiger partial charge on any atom is -0.497 e. The fraction of sp³-hybridized carbons (Fsp3) is 0.105. The molecule has 2 aromatic heterocycles. The lowest BCUT2D eigenvalue weighted by Crippen LogP contribution is -2.16. The van der Waals surface area contributed by atoms with E-state index in [2.05, 4.69) is 10.1 Å². The summed E-state index contributed by atoms with van der Waals surface area (Å²) < 4.78 is 24.6. The average molecular weight is 383 g/mol. The predicted octanol–water partition coefficient (Wildman–Crippen LogP) is 3.82. The molecule has 6 nitrogen and oxygen atoms in total. The van der Waals surface area contributed by atoms with Gasteiger partial charge >= 0.3 is 5.76 Å². The molecule has 8 heteroatoms. The number of hydrogen-bond acceptors (Lipinski definition) is 6. The lowest BCUT2D eigenvalue weighted by atomic mass is 10.2. The monoisotopic (exact) mass is 383 g/mol. The predicted molar refractivity (Wildman–Crippen MR) is 99.4 cm³/mol. The Hall–Kier alpha value is -3.26. The zero-order valence-corrected chi connectivity index (χ0v) is 15.1. The molecule has 0 radical (unpaired) electrons. The first-order chi connectivity index (χ1) is 13.1. The number of thiazole rings is 1. The van der Waals surface area contributed by atoms with E-state index in [1.807, 2.05) is 29.6 Å². The van der Waals surface area contributed by atoms with E-state index in [4.69, 9.17) is 9.15 Å². The van der Waals surface area contributed by atoms with Crippen LogP contribution in [0.5, 0.6) is 5.75 Å². The Balaban J connectivity index is 1.57. The van der Waals surface area contributed by atoms with E-state index >= 15 is 0 Å². The van der Waals surface area contributed by atoms with Crippen molar-refractivity contribution in [2.75, 3.05) is 7.11 Å². The summed E-state index contributed by atoms with van der Waals surface area (Å²) in [5.41, 5.74) is 2.16. The second-order valence-corrected chi connectivity index (χ2v) is 6.57. The molecule has 0 fully saturated rings. The van der Waals surface area contributed by atoms with Crippen molar-refractivity contribution in [3.05, 3.63) is 76.0 Å². The van der Waals surface area contributed by atoms with E-state index in [-0.39, 0.29) is 18.3 Å². The highest BCUT2D eigenvalue weighted by Crippen LogP contribution is 2.27. The Morgan fingerprint density at radius 2 is 2.00 bits per heavy atom. The molecule has 0 aliphatic carbocycles. The first-order valence-corrected chi connectivity index (χ1v) is 8.93. The molecule has 2 aromatic carbocycles. The molecular formula is C19H14FN3O3S. The van der Waals surface area contributed by atoms with Gasteiger partial charge in [-0.2, -0.15) is 4.68 Å². The maximum absolute atomic E-state index is 13.0. The lowest BCUT2D eigenvalue weighted by Gasteiger charge is -2.01. The van der Waals surface area contributed by atoms with Crippen LogP contribution in [0.25, 0.3) is 22.0 Å². The third kappa shape index (κ3) is 3.65. The van der Waals surface area contributed by atoms with Crippen molar-refractivity contribution >= 4 is 11.3 Å². The van der Waals surface area contributed by atoms with Gasteiger partial charge in [-0.05, 0) is 36.4 Å². The lowest BCUT2D eigenvalue weighted by molar-refractivity contribution is 0.415. The zero-order valence-electron chi connectivity index (χ0n) is 14.3. The second-order valence-electron chi connectivity index (χ2n) is 5.71. The van der Waals surface area contributed by atoms with Gasteiger partial charge in [-0.15, -0.1) is 16.4 Å². The van der Waals surface area contributed by atoms with Crippen LogP contribution in [0.4, 0.5) is 4.39 Å². The highest BCUT2D eigenvalue weighted by Gasteiger charge is 2.13. The first-order valence-electron chi connectivity index (χ1n) is 8.05. The fourth-order valence-electron chi connectivity index (χ4n) is 2.54. The van der Waals surface area contributed by atoms with Crippen molar-refractivity contribution in [2.24, 2.45) is 0 Å². The molecule has 0 N–H and O–H groups in total. The van der Waals surface area contributed by atoms with Crippen LogP contribution in [0.3, 0.4) is 0 Å². The number of methoxy groups -OCH3 is 1. The zero-order chi connectivity index (χ0) is 18.8. The molecule has 0 unspecified atom stereocenters. The van der Waals surface area contributed by atoms with E-state index in [1.165, 1.54) is 40.3 Å². The summed E-state index contributed by atoms with van der Waals surface area (Å²) in [6, 6.07) is 13.2. The number of nitrogens with zero attached hydrogens (tertiary/aromatic N) is 3. The van der Waals surface area contributed by atoms with Crippen molar-refractivity contribution in [3.63, 3.8) is 0 Å². The fourth-order valence-corrected chi connectivity index (χ4v) is 3.34. The van der Waals surface area contributed by atoms with Crippen molar-refractivity contribution < 1.29 is 13.5 Å². The quantitative estimate of drug-likeness (QED) is 0.524. The van der Waals surface area contributed by atoms with Crippen molar-refractivity contribution in [3.8, 4) is 27.8 Å². The first kappa shape index (κ1) is 17.2. The molecule has 0 atom stereocenters. The van der Waals surface area contributed by atoms with Crippen molar-refractivity contribution in [2.45, 2.75) is 6.54 Å². The maximum atomic E-state index is 13.0. The van der Waals surface area contributed by atoms with E-state index in [0.29, 0.717) is 11.3 Å². The molecule has 0 saturated carbocycles. The molecule has 0 amide bonds. The summed E-state index contributed by atoms with van der Waals surface area (Å²) in [7, 11) is 1.61. The summed E-state index contributed by atoms with van der Waals surface area (Å²) in [4.78, 5) is 16.6. The van der Waals surface area contributed by atoms with Crippen LogP contribution in [-0.2, 0) is 6.54 Å². The van der Waals surface area contributed by atoms with Gasteiger partial charge < -0.3 is 9.15 Å². The molecule has 0 aliphatic rings. The number of halogens is 1. The van der Waals surface area contributed by atoms with Crippen LogP contribution in [0, 0.1) is 5.82 Å². The largest absolute Gasteiger partial charge is 0.497 e. The molecule has 27 heavy (non-hydrogen) atoms. The molecule has 4 aromatic rings. The number of ether oxygens (including phenoxy) is 1. The summed E-state index contributed by atoms with van der Waals surface area (Å²) in [5, 5.41) is 6.86. The second kappa shape index (κ2) is 7.16. The smallest absolute Gasteiger partial charge is 0.437 e. The van der Waals surface area contributed by atoms with E-state index in [0.717, 1.165) is 16.3 Å². The van der Waals surface area contributed by atoms with Gasteiger partial charge in [-0.25, -0.2) is 14.2 Å². The number of rotatable bonds is 5. The average Bonchev–Trinajstić information content (AvgIpc) is 3.30. The van der Waals surface area contributed by atoms with E-state index < -0.39 is 5.76 Å². The molecule has 2 heterocycles. The Labute approximate surface area is 157 Å². The van der Waals surface area contributed by atoms with Crippen LogP contribution in [0.2, 0.25) is 0 Å². The van der Waals surface area contributed by atoms with Gasteiger partial charge in [0.2, 0.25) is 5.89 Å². The Morgan fingerprint density at radius 1 is 1.19 bits per heavy atom. The summed E-state index contributed by atoms with van der Waals surface area (Å²) >= 11 is 1.47. The van der Waals surface area contributed by atoms with Crippen LogP contribution in [0.15, 0.2) is 63.1 Å². The maximum Gasteiger partial charge on any atom is 0.437 e. The van der Waals surface area contributed by atoms with Gasteiger partial charge in [0.25, 0.3) is 0 Å². The number of benzene rings is 2. The third-order valence-corrected chi connectivity index (χ3v) is 4.82. The minimum absolute atomic E-state index is 0.142. The Bertz CT molecular complexity index is 1130. The van der Waals surface area contributed by atoms with Crippen LogP contribution in [-0.4, -0.2) is 21.9 Å². The highest BCUT2D eigenvalue weighted by atomic mass is 32.1. The van der Waals surface area contributed by atoms with Gasteiger partial charge in [-0.3, -0.25) is 0 Å². The topological polar surface area (TPSA) is 70.2 Å². The Morgan fingerprint density at radius 3 is 2.78 bits per heavy atom.